The fourth-order valence-electron chi connectivity index (χ4n) is 3.28. The highest BCUT2D eigenvalue weighted by Gasteiger charge is 2.37. The van der Waals surface area contributed by atoms with Gasteiger partial charge in [-0.15, -0.1) is 0 Å². The Labute approximate surface area is 101 Å². The highest BCUT2D eigenvalue weighted by Crippen LogP contribution is 2.27. The topological polar surface area (TPSA) is 61.4 Å². The van der Waals surface area contributed by atoms with Gasteiger partial charge in [-0.1, -0.05) is 0 Å². The Balaban J connectivity index is 1.59. The molecule has 2 N–H and O–H groups in total. The number of nitrogens with one attached hydrogen (secondary N) is 2. The van der Waals surface area contributed by atoms with E-state index >= 15 is 0 Å². The maximum atomic E-state index is 11.7. The molecule has 0 aromatic rings. The molecule has 0 spiro atoms. The van der Waals surface area contributed by atoms with Crippen LogP contribution >= 0.6 is 0 Å². The van der Waals surface area contributed by atoms with Gasteiger partial charge < -0.3 is 10.2 Å². The first-order valence-electron chi connectivity index (χ1n) is 6.54. The van der Waals surface area contributed by atoms with E-state index in [-0.39, 0.29) is 17.9 Å². The standard InChI is InChI=1S/C12H19N3O2/c16-11-2-1-10(12(17)14-11)13-9-4-6-15-5-3-8(9)7-15/h8-10,13H,1-7H2,(H,14,16,17). The van der Waals surface area contributed by atoms with E-state index in [4.69, 9.17) is 0 Å². The Bertz CT molecular complexity index is 345. The molecule has 0 aromatic carbocycles. The quantitative estimate of drug-likeness (QED) is 0.634. The third-order valence-corrected chi connectivity index (χ3v) is 4.29. The maximum Gasteiger partial charge on any atom is 0.243 e. The molecule has 0 aromatic heterocycles. The molecular formula is C12H19N3O2. The minimum Gasteiger partial charge on any atom is -0.303 e. The van der Waals surface area contributed by atoms with E-state index in [2.05, 4.69) is 15.5 Å². The van der Waals surface area contributed by atoms with Gasteiger partial charge in [0.1, 0.15) is 0 Å². The van der Waals surface area contributed by atoms with Crippen LogP contribution in [0.4, 0.5) is 0 Å². The SMILES string of the molecule is O=C1CCC(NC2CCN3CCC2C3)C(=O)N1. The summed E-state index contributed by atoms with van der Waals surface area (Å²) in [6.45, 7) is 3.52. The fourth-order valence-corrected chi connectivity index (χ4v) is 3.28. The van der Waals surface area contributed by atoms with Crippen molar-refractivity contribution >= 4 is 11.8 Å². The molecule has 3 rings (SSSR count). The Morgan fingerprint density at radius 3 is 2.82 bits per heavy atom. The van der Waals surface area contributed by atoms with Crippen LogP contribution < -0.4 is 10.6 Å². The van der Waals surface area contributed by atoms with Crippen LogP contribution in [-0.2, 0) is 9.59 Å². The van der Waals surface area contributed by atoms with E-state index < -0.39 is 0 Å². The van der Waals surface area contributed by atoms with Gasteiger partial charge >= 0.3 is 0 Å². The number of amides is 2. The molecule has 5 nitrogen and oxygen atoms in total. The van der Waals surface area contributed by atoms with Gasteiger partial charge in [0.25, 0.3) is 0 Å². The second kappa shape index (κ2) is 4.38. The molecule has 3 heterocycles. The van der Waals surface area contributed by atoms with Gasteiger partial charge in [0, 0.05) is 19.0 Å². The van der Waals surface area contributed by atoms with Crippen molar-refractivity contribution in [3.05, 3.63) is 0 Å². The first kappa shape index (κ1) is 11.2. The third kappa shape index (κ3) is 2.21. The smallest absolute Gasteiger partial charge is 0.243 e. The molecule has 3 aliphatic heterocycles. The van der Waals surface area contributed by atoms with E-state index in [0.717, 1.165) is 13.0 Å². The number of carbonyl (C=O) groups is 2. The summed E-state index contributed by atoms with van der Waals surface area (Å²) < 4.78 is 0. The van der Waals surface area contributed by atoms with Gasteiger partial charge in [-0.25, -0.2) is 0 Å². The number of rotatable bonds is 2. The Kier molecular flexibility index (Phi) is 2.88. The zero-order valence-electron chi connectivity index (χ0n) is 9.95. The lowest BCUT2D eigenvalue weighted by molar-refractivity contribution is -0.135. The van der Waals surface area contributed by atoms with Crippen molar-refractivity contribution in [3.63, 3.8) is 0 Å². The molecule has 3 saturated heterocycles. The molecule has 5 heteroatoms. The third-order valence-electron chi connectivity index (χ3n) is 4.29. The van der Waals surface area contributed by atoms with Gasteiger partial charge in [0.2, 0.25) is 11.8 Å². The minimum absolute atomic E-state index is 0.135. The normalized spacial score (nSPS) is 41.4. The number of fused-ring (bicyclic) bond motifs is 2. The predicted molar refractivity (Wildman–Crippen MR) is 62.3 cm³/mol. The lowest BCUT2D eigenvalue weighted by atomic mass is 9.92. The number of imide groups is 1. The molecule has 2 bridgehead atoms. The molecule has 94 valence electrons. The summed E-state index contributed by atoms with van der Waals surface area (Å²) in [5.41, 5.74) is 0. The van der Waals surface area contributed by atoms with E-state index in [1.54, 1.807) is 0 Å². The van der Waals surface area contributed by atoms with Crippen molar-refractivity contribution in [2.24, 2.45) is 5.92 Å². The lowest BCUT2D eigenvalue weighted by Crippen LogP contribution is -2.56. The monoisotopic (exact) mass is 237 g/mol. The second-order valence-electron chi connectivity index (χ2n) is 5.41. The number of nitrogens with zero attached hydrogens (tertiary/aromatic N) is 1. The van der Waals surface area contributed by atoms with Crippen molar-refractivity contribution in [1.29, 1.82) is 0 Å². The molecule has 4 unspecified atom stereocenters. The van der Waals surface area contributed by atoms with Gasteiger partial charge in [0.15, 0.2) is 0 Å². The van der Waals surface area contributed by atoms with Crippen LogP contribution in [0.3, 0.4) is 0 Å². The molecule has 3 fully saturated rings. The van der Waals surface area contributed by atoms with Crippen LogP contribution in [-0.4, -0.2) is 48.4 Å². The molecule has 3 aliphatic rings. The summed E-state index contributed by atoms with van der Waals surface area (Å²) in [7, 11) is 0. The average molecular weight is 237 g/mol. The summed E-state index contributed by atoms with van der Waals surface area (Å²) in [6.07, 6.45) is 3.48. The first-order valence-corrected chi connectivity index (χ1v) is 6.54. The maximum absolute atomic E-state index is 11.7. The van der Waals surface area contributed by atoms with Gasteiger partial charge in [-0.3, -0.25) is 14.9 Å². The summed E-state index contributed by atoms with van der Waals surface area (Å²) in [5.74, 6) is 0.416. The summed E-state index contributed by atoms with van der Waals surface area (Å²) >= 11 is 0. The Hall–Kier alpha value is -0.940. The van der Waals surface area contributed by atoms with Crippen molar-refractivity contribution in [1.82, 2.24) is 15.5 Å². The van der Waals surface area contributed by atoms with Crippen LogP contribution in [0.15, 0.2) is 0 Å². The summed E-state index contributed by atoms with van der Waals surface area (Å²) in [6, 6.07) is 0.294. The van der Waals surface area contributed by atoms with Crippen LogP contribution in [0, 0.1) is 5.92 Å². The largest absolute Gasteiger partial charge is 0.303 e. The van der Waals surface area contributed by atoms with Crippen LogP contribution in [0.25, 0.3) is 0 Å². The lowest BCUT2D eigenvalue weighted by Gasteiger charge is -2.34. The van der Waals surface area contributed by atoms with Crippen molar-refractivity contribution in [2.75, 3.05) is 19.6 Å². The molecule has 4 atom stereocenters. The zero-order chi connectivity index (χ0) is 11.8. The Morgan fingerprint density at radius 1 is 1.18 bits per heavy atom. The van der Waals surface area contributed by atoms with Gasteiger partial charge in [-0.2, -0.15) is 0 Å². The van der Waals surface area contributed by atoms with E-state index in [1.165, 1.54) is 19.5 Å². The number of hydrogen-bond donors (Lipinski definition) is 2. The average Bonchev–Trinajstić information content (AvgIpc) is 2.69. The van der Waals surface area contributed by atoms with Crippen LogP contribution in [0.2, 0.25) is 0 Å². The van der Waals surface area contributed by atoms with Crippen molar-refractivity contribution in [2.45, 2.75) is 37.8 Å². The number of piperidine rings is 2. The molecule has 0 radical (unpaired) electrons. The van der Waals surface area contributed by atoms with Crippen molar-refractivity contribution < 1.29 is 9.59 Å². The molecule has 0 saturated carbocycles. The van der Waals surface area contributed by atoms with Gasteiger partial charge in [-0.05, 0) is 38.3 Å². The van der Waals surface area contributed by atoms with Crippen LogP contribution in [0.5, 0.6) is 0 Å². The Morgan fingerprint density at radius 2 is 2.00 bits per heavy atom. The molecule has 2 amide bonds. The first-order chi connectivity index (χ1) is 8.22. The van der Waals surface area contributed by atoms with E-state index in [0.29, 0.717) is 24.8 Å². The van der Waals surface area contributed by atoms with Gasteiger partial charge in [0.05, 0.1) is 6.04 Å². The highest BCUT2D eigenvalue weighted by molar-refractivity contribution is 6.00. The fraction of sp³-hybridized carbons (Fsp3) is 0.833. The highest BCUT2D eigenvalue weighted by atomic mass is 16.2. The molecule has 17 heavy (non-hydrogen) atoms. The molecule has 0 aliphatic carbocycles. The number of carbonyl (C=O) groups excluding carboxylic acids is 2. The minimum atomic E-state index is -0.162. The van der Waals surface area contributed by atoms with E-state index in [9.17, 15) is 9.59 Å². The molecular weight excluding hydrogens is 218 g/mol. The zero-order valence-corrected chi connectivity index (χ0v) is 9.95. The second-order valence-corrected chi connectivity index (χ2v) is 5.41. The number of hydrogen-bond acceptors (Lipinski definition) is 4. The summed E-state index contributed by atoms with van der Waals surface area (Å²) in [5, 5.41) is 5.88. The summed E-state index contributed by atoms with van der Waals surface area (Å²) in [4.78, 5) is 25.2. The van der Waals surface area contributed by atoms with Crippen LogP contribution in [0.1, 0.15) is 25.7 Å². The van der Waals surface area contributed by atoms with E-state index in [1.807, 2.05) is 0 Å². The van der Waals surface area contributed by atoms with Crippen molar-refractivity contribution in [3.8, 4) is 0 Å². The predicted octanol–water partition coefficient (Wildman–Crippen LogP) is -0.525.